The Balaban J connectivity index is 2.14. The van der Waals surface area contributed by atoms with E-state index in [1.54, 1.807) is 0 Å². The molecule has 0 saturated carbocycles. The van der Waals surface area contributed by atoms with Crippen LogP contribution in [0.15, 0.2) is 59.1 Å². The van der Waals surface area contributed by atoms with E-state index in [0.29, 0.717) is 6.04 Å². The molecule has 0 saturated heterocycles. The molecular formula is C14H14BrN. The topological polar surface area (TPSA) is 12.0 Å². The SMILES string of the molecule is C[C@H](Nc1ccccc1Br)c1ccccc1. The van der Waals surface area contributed by atoms with Gasteiger partial charge in [0.25, 0.3) is 0 Å². The molecule has 0 aliphatic rings. The predicted molar refractivity (Wildman–Crippen MR) is 72.6 cm³/mol. The maximum atomic E-state index is 3.53. The first-order chi connectivity index (χ1) is 7.77. The standard InChI is InChI=1S/C14H14BrN/c1-11(12-7-3-2-4-8-12)16-14-10-6-5-9-13(14)15/h2-11,16H,1H3/t11-/m0/s1. The Morgan fingerprint density at radius 2 is 1.56 bits per heavy atom. The van der Waals surface area contributed by atoms with Crippen LogP contribution in [0.2, 0.25) is 0 Å². The van der Waals surface area contributed by atoms with Gasteiger partial charge in [0.1, 0.15) is 0 Å². The first-order valence-corrected chi connectivity index (χ1v) is 6.12. The fourth-order valence-electron chi connectivity index (χ4n) is 1.64. The van der Waals surface area contributed by atoms with E-state index in [2.05, 4.69) is 58.5 Å². The van der Waals surface area contributed by atoms with Crippen molar-refractivity contribution in [1.82, 2.24) is 0 Å². The zero-order chi connectivity index (χ0) is 11.4. The number of hydrogen-bond acceptors (Lipinski definition) is 1. The van der Waals surface area contributed by atoms with E-state index in [0.717, 1.165) is 10.2 Å². The molecule has 0 radical (unpaired) electrons. The molecule has 2 rings (SSSR count). The fourth-order valence-corrected chi connectivity index (χ4v) is 2.04. The van der Waals surface area contributed by atoms with Gasteiger partial charge in [-0.3, -0.25) is 0 Å². The monoisotopic (exact) mass is 275 g/mol. The minimum absolute atomic E-state index is 0.305. The Labute approximate surface area is 105 Å². The van der Waals surface area contributed by atoms with Gasteiger partial charge in [-0.05, 0) is 40.5 Å². The van der Waals surface area contributed by atoms with Crippen molar-refractivity contribution in [3.05, 3.63) is 64.6 Å². The zero-order valence-electron chi connectivity index (χ0n) is 9.15. The number of nitrogens with one attached hydrogen (secondary N) is 1. The third-order valence-electron chi connectivity index (χ3n) is 2.55. The summed E-state index contributed by atoms with van der Waals surface area (Å²) in [5, 5.41) is 3.48. The molecule has 0 aliphatic carbocycles. The molecule has 0 amide bonds. The van der Waals surface area contributed by atoms with Gasteiger partial charge in [0.05, 0.1) is 0 Å². The lowest BCUT2D eigenvalue weighted by Gasteiger charge is -2.16. The summed E-state index contributed by atoms with van der Waals surface area (Å²) in [7, 11) is 0. The summed E-state index contributed by atoms with van der Waals surface area (Å²) >= 11 is 3.53. The molecule has 2 heteroatoms. The van der Waals surface area contributed by atoms with Crippen LogP contribution in [0.5, 0.6) is 0 Å². The lowest BCUT2D eigenvalue weighted by atomic mass is 10.1. The normalized spacial score (nSPS) is 12.1. The predicted octanol–water partition coefficient (Wildman–Crippen LogP) is 4.62. The van der Waals surface area contributed by atoms with Crippen LogP contribution in [0, 0.1) is 0 Å². The lowest BCUT2D eigenvalue weighted by Crippen LogP contribution is -2.06. The van der Waals surface area contributed by atoms with Crippen molar-refractivity contribution in [2.24, 2.45) is 0 Å². The molecule has 0 fully saturated rings. The van der Waals surface area contributed by atoms with E-state index < -0.39 is 0 Å². The van der Waals surface area contributed by atoms with Gasteiger partial charge in [0.15, 0.2) is 0 Å². The lowest BCUT2D eigenvalue weighted by molar-refractivity contribution is 0.884. The molecule has 0 heterocycles. The van der Waals surface area contributed by atoms with Crippen molar-refractivity contribution in [3.63, 3.8) is 0 Å². The summed E-state index contributed by atoms with van der Waals surface area (Å²) in [5.74, 6) is 0. The quantitative estimate of drug-likeness (QED) is 0.862. The zero-order valence-corrected chi connectivity index (χ0v) is 10.7. The van der Waals surface area contributed by atoms with Crippen LogP contribution in [0.3, 0.4) is 0 Å². The highest BCUT2D eigenvalue weighted by atomic mass is 79.9. The van der Waals surface area contributed by atoms with E-state index in [1.807, 2.05) is 24.3 Å². The molecule has 2 aromatic rings. The van der Waals surface area contributed by atoms with Gasteiger partial charge >= 0.3 is 0 Å². The summed E-state index contributed by atoms with van der Waals surface area (Å²) in [6.07, 6.45) is 0. The number of para-hydroxylation sites is 1. The molecule has 1 atom stereocenters. The number of anilines is 1. The Hall–Kier alpha value is -1.28. The van der Waals surface area contributed by atoms with E-state index in [-0.39, 0.29) is 0 Å². The third-order valence-corrected chi connectivity index (χ3v) is 3.24. The van der Waals surface area contributed by atoms with Crippen molar-refractivity contribution in [2.45, 2.75) is 13.0 Å². The van der Waals surface area contributed by atoms with Gasteiger partial charge in [-0.2, -0.15) is 0 Å². The first kappa shape index (κ1) is 11.2. The van der Waals surface area contributed by atoms with Gasteiger partial charge in [-0.15, -0.1) is 0 Å². The second-order valence-corrected chi connectivity index (χ2v) is 4.61. The Morgan fingerprint density at radius 1 is 0.938 bits per heavy atom. The van der Waals surface area contributed by atoms with Crippen molar-refractivity contribution in [1.29, 1.82) is 0 Å². The molecule has 0 bridgehead atoms. The van der Waals surface area contributed by atoms with Crippen LogP contribution in [0.4, 0.5) is 5.69 Å². The van der Waals surface area contributed by atoms with Gasteiger partial charge in [0, 0.05) is 16.2 Å². The van der Waals surface area contributed by atoms with Crippen LogP contribution >= 0.6 is 15.9 Å². The van der Waals surface area contributed by atoms with E-state index in [4.69, 9.17) is 0 Å². The second-order valence-electron chi connectivity index (χ2n) is 3.76. The van der Waals surface area contributed by atoms with Gasteiger partial charge in [-0.1, -0.05) is 42.5 Å². The number of rotatable bonds is 3. The van der Waals surface area contributed by atoms with Gasteiger partial charge in [0.2, 0.25) is 0 Å². The fraction of sp³-hybridized carbons (Fsp3) is 0.143. The number of hydrogen-bond donors (Lipinski definition) is 1. The molecule has 16 heavy (non-hydrogen) atoms. The van der Waals surface area contributed by atoms with E-state index >= 15 is 0 Å². The second kappa shape index (κ2) is 5.17. The minimum atomic E-state index is 0.305. The van der Waals surface area contributed by atoms with Crippen LogP contribution in [0.1, 0.15) is 18.5 Å². The summed E-state index contributed by atoms with van der Waals surface area (Å²) in [4.78, 5) is 0. The highest BCUT2D eigenvalue weighted by molar-refractivity contribution is 9.10. The molecule has 82 valence electrons. The van der Waals surface area contributed by atoms with Crippen LogP contribution in [0.25, 0.3) is 0 Å². The molecular weight excluding hydrogens is 262 g/mol. The van der Waals surface area contributed by atoms with Crippen LogP contribution in [-0.4, -0.2) is 0 Å². The van der Waals surface area contributed by atoms with E-state index in [9.17, 15) is 0 Å². The molecule has 0 aromatic heterocycles. The highest BCUT2D eigenvalue weighted by Gasteiger charge is 2.05. The Morgan fingerprint density at radius 3 is 2.25 bits per heavy atom. The molecule has 1 N–H and O–H groups in total. The Kier molecular flexibility index (Phi) is 3.62. The van der Waals surface area contributed by atoms with Crippen molar-refractivity contribution >= 4 is 21.6 Å². The van der Waals surface area contributed by atoms with Crippen LogP contribution in [-0.2, 0) is 0 Å². The molecule has 0 spiro atoms. The summed E-state index contributed by atoms with van der Waals surface area (Å²) in [6.45, 7) is 2.16. The van der Waals surface area contributed by atoms with Crippen molar-refractivity contribution in [2.75, 3.05) is 5.32 Å². The molecule has 2 aromatic carbocycles. The van der Waals surface area contributed by atoms with E-state index in [1.165, 1.54) is 5.56 Å². The summed E-state index contributed by atoms with van der Waals surface area (Å²) in [5.41, 5.74) is 2.41. The van der Waals surface area contributed by atoms with Gasteiger partial charge < -0.3 is 5.32 Å². The Bertz CT molecular complexity index is 453. The average molecular weight is 276 g/mol. The summed E-state index contributed by atoms with van der Waals surface area (Å²) < 4.78 is 1.10. The largest absolute Gasteiger partial charge is 0.378 e. The smallest absolute Gasteiger partial charge is 0.0489 e. The van der Waals surface area contributed by atoms with Crippen molar-refractivity contribution in [3.8, 4) is 0 Å². The number of halogens is 1. The number of benzene rings is 2. The van der Waals surface area contributed by atoms with Gasteiger partial charge in [-0.25, -0.2) is 0 Å². The first-order valence-electron chi connectivity index (χ1n) is 5.33. The maximum Gasteiger partial charge on any atom is 0.0489 e. The van der Waals surface area contributed by atoms with Crippen molar-refractivity contribution < 1.29 is 0 Å². The molecule has 0 unspecified atom stereocenters. The average Bonchev–Trinajstić information content (AvgIpc) is 2.33. The summed E-state index contributed by atoms with van der Waals surface area (Å²) in [6, 6.07) is 18.9. The van der Waals surface area contributed by atoms with Crippen LogP contribution < -0.4 is 5.32 Å². The highest BCUT2D eigenvalue weighted by Crippen LogP contribution is 2.25. The third kappa shape index (κ3) is 2.64. The molecule has 0 aliphatic heterocycles. The minimum Gasteiger partial charge on any atom is -0.378 e. The maximum absolute atomic E-state index is 3.53. The molecule has 1 nitrogen and oxygen atoms in total.